The highest BCUT2D eigenvalue weighted by atomic mass is 32.2. The number of nitrogens with one attached hydrogen (secondary N) is 1. The van der Waals surface area contributed by atoms with Gasteiger partial charge in [-0.15, -0.1) is 0 Å². The predicted octanol–water partition coefficient (Wildman–Crippen LogP) is 4.10. The zero-order chi connectivity index (χ0) is 24.2. The molecule has 2 aromatic rings. The Kier molecular flexibility index (Phi) is 7.92. The van der Waals surface area contributed by atoms with Gasteiger partial charge < -0.3 is 10.1 Å². The molecular formula is C25H32N2O5S. The van der Waals surface area contributed by atoms with E-state index < -0.39 is 28.0 Å². The fourth-order valence-corrected chi connectivity index (χ4v) is 5.74. The predicted molar refractivity (Wildman–Crippen MR) is 127 cm³/mol. The van der Waals surface area contributed by atoms with Gasteiger partial charge in [-0.1, -0.05) is 32.9 Å². The van der Waals surface area contributed by atoms with Crippen molar-refractivity contribution in [3.8, 4) is 0 Å². The average molecular weight is 473 g/mol. The Balaban J connectivity index is 1.61. The SMILES string of the molecule is CCc1ccc(NC(=O)[C@H](C)OC(=O)c2ccc(S(=O)(=O)N3C[C@@H](C)C[C@H](C)C3)cc2)cc1. The van der Waals surface area contributed by atoms with Gasteiger partial charge >= 0.3 is 5.97 Å². The van der Waals surface area contributed by atoms with Gasteiger partial charge in [-0.2, -0.15) is 4.31 Å². The number of ether oxygens (including phenoxy) is 1. The molecule has 0 radical (unpaired) electrons. The Morgan fingerprint density at radius 3 is 2.15 bits per heavy atom. The van der Waals surface area contributed by atoms with Crippen LogP contribution in [0.3, 0.4) is 0 Å². The zero-order valence-corrected chi connectivity index (χ0v) is 20.4. The minimum atomic E-state index is -3.63. The molecular weight excluding hydrogens is 440 g/mol. The summed E-state index contributed by atoms with van der Waals surface area (Å²) >= 11 is 0. The summed E-state index contributed by atoms with van der Waals surface area (Å²) in [4.78, 5) is 25.0. The number of amides is 1. The van der Waals surface area contributed by atoms with Crippen LogP contribution in [0.4, 0.5) is 5.69 Å². The number of rotatable bonds is 7. The maximum atomic E-state index is 13.0. The number of piperidine rings is 1. The number of aryl methyl sites for hydroxylation is 1. The van der Waals surface area contributed by atoms with Crippen LogP contribution >= 0.6 is 0 Å². The highest BCUT2D eigenvalue weighted by molar-refractivity contribution is 7.89. The molecule has 1 heterocycles. The van der Waals surface area contributed by atoms with Crippen molar-refractivity contribution in [2.75, 3.05) is 18.4 Å². The van der Waals surface area contributed by atoms with Crippen molar-refractivity contribution in [3.63, 3.8) is 0 Å². The molecule has 2 aromatic carbocycles. The van der Waals surface area contributed by atoms with Gasteiger partial charge in [-0.05, 0) is 73.6 Å². The van der Waals surface area contributed by atoms with Gasteiger partial charge in [0.1, 0.15) is 0 Å². The van der Waals surface area contributed by atoms with E-state index >= 15 is 0 Å². The summed E-state index contributed by atoms with van der Waals surface area (Å²) in [5.41, 5.74) is 1.96. The van der Waals surface area contributed by atoms with Gasteiger partial charge in [-0.25, -0.2) is 13.2 Å². The first kappa shape index (κ1) is 24.9. The molecule has 7 nitrogen and oxygen atoms in total. The topological polar surface area (TPSA) is 92.8 Å². The molecule has 1 fully saturated rings. The van der Waals surface area contributed by atoms with Crippen molar-refractivity contribution >= 4 is 27.6 Å². The highest BCUT2D eigenvalue weighted by Crippen LogP contribution is 2.27. The molecule has 1 aliphatic rings. The lowest BCUT2D eigenvalue weighted by molar-refractivity contribution is -0.123. The van der Waals surface area contributed by atoms with Gasteiger partial charge in [0.25, 0.3) is 5.91 Å². The second-order valence-corrected chi connectivity index (χ2v) is 10.8. The van der Waals surface area contributed by atoms with Crippen LogP contribution in [-0.4, -0.2) is 43.8 Å². The fraction of sp³-hybridized carbons (Fsp3) is 0.440. The number of benzene rings is 2. The number of esters is 1. The van der Waals surface area contributed by atoms with Gasteiger partial charge in [0.2, 0.25) is 10.0 Å². The Bertz CT molecular complexity index is 1070. The van der Waals surface area contributed by atoms with E-state index in [0.717, 1.165) is 18.4 Å². The van der Waals surface area contributed by atoms with Crippen molar-refractivity contribution in [1.29, 1.82) is 0 Å². The van der Waals surface area contributed by atoms with Crippen molar-refractivity contribution in [3.05, 3.63) is 59.7 Å². The lowest BCUT2D eigenvalue weighted by Gasteiger charge is -2.34. The first-order chi connectivity index (χ1) is 15.6. The minimum absolute atomic E-state index is 0.140. The molecule has 0 aromatic heterocycles. The maximum absolute atomic E-state index is 13.0. The van der Waals surface area contributed by atoms with E-state index in [2.05, 4.69) is 19.2 Å². The van der Waals surface area contributed by atoms with Crippen LogP contribution < -0.4 is 5.32 Å². The Morgan fingerprint density at radius 2 is 1.61 bits per heavy atom. The highest BCUT2D eigenvalue weighted by Gasteiger charge is 2.31. The molecule has 3 atom stereocenters. The van der Waals surface area contributed by atoms with Crippen molar-refractivity contribution in [1.82, 2.24) is 4.31 Å². The fourth-order valence-electron chi connectivity index (χ4n) is 4.06. The van der Waals surface area contributed by atoms with Crippen LogP contribution in [0.1, 0.15) is 50.0 Å². The number of anilines is 1. The lowest BCUT2D eigenvalue weighted by Crippen LogP contribution is -2.42. The van der Waals surface area contributed by atoms with Crippen LogP contribution in [0.5, 0.6) is 0 Å². The smallest absolute Gasteiger partial charge is 0.338 e. The normalized spacial score (nSPS) is 20.1. The van der Waals surface area contributed by atoms with Crippen LogP contribution in [-0.2, 0) is 26.0 Å². The number of nitrogens with zero attached hydrogens (tertiary/aromatic N) is 1. The molecule has 178 valence electrons. The number of sulfonamides is 1. The molecule has 1 N–H and O–H groups in total. The minimum Gasteiger partial charge on any atom is -0.449 e. The van der Waals surface area contributed by atoms with Crippen LogP contribution in [0.2, 0.25) is 0 Å². The van der Waals surface area contributed by atoms with E-state index in [1.165, 1.54) is 35.5 Å². The quantitative estimate of drug-likeness (QED) is 0.613. The zero-order valence-electron chi connectivity index (χ0n) is 19.6. The van der Waals surface area contributed by atoms with Crippen molar-refractivity contribution < 1.29 is 22.7 Å². The first-order valence-corrected chi connectivity index (χ1v) is 12.7. The summed E-state index contributed by atoms with van der Waals surface area (Å²) in [5, 5.41) is 2.72. The molecule has 1 saturated heterocycles. The summed E-state index contributed by atoms with van der Waals surface area (Å²) in [5.74, 6) is -0.534. The molecule has 0 aliphatic carbocycles. The maximum Gasteiger partial charge on any atom is 0.338 e. The summed E-state index contributed by atoms with van der Waals surface area (Å²) in [6.07, 6.45) is 0.897. The number of hydrogen-bond acceptors (Lipinski definition) is 5. The largest absolute Gasteiger partial charge is 0.449 e. The van der Waals surface area contributed by atoms with Gasteiger partial charge in [0, 0.05) is 18.8 Å². The molecule has 0 bridgehead atoms. The Labute approximate surface area is 196 Å². The van der Waals surface area contributed by atoms with Crippen molar-refractivity contribution in [2.24, 2.45) is 11.8 Å². The summed E-state index contributed by atoms with van der Waals surface area (Å²) < 4.78 is 32.8. The second kappa shape index (κ2) is 10.5. The van der Waals surface area contributed by atoms with Gasteiger partial charge in [0.05, 0.1) is 10.5 Å². The van der Waals surface area contributed by atoms with Crippen LogP contribution in [0.25, 0.3) is 0 Å². The van der Waals surface area contributed by atoms with Crippen LogP contribution in [0, 0.1) is 11.8 Å². The molecule has 0 unspecified atom stereocenters. The van der Waals surface area contributed by atoms with Crippen LogP contribution in [0.15, 0.2) is 53.4 Å². The van der Waals surface area contributed by atoms with Gasteiger partial charge in [0.15, 0.2) is 6.10 Å². The molecule has 3 rings (SSSR count). The molecule has 1 aliphatic heterocycles. The lowest BCUT2D eigenvalue weighted by atomic mass is 9.94. The Morgan fingerprint density at radius 1 is 1.03 bits per heavy atom. The Hall–Kier alpha value is -2.71. The molecule has 0 spiro atoms. The third-order valence-electron chi connectivity index (χ3n) is 5.85. The molecule has 1 amide bonds. The standard InChI is InChI=1S/C25H32N2O5S/c1-5-20-6-10-22(11-7-20)26-24(28)19(4)32-25(29)21-8-12-23(13-9-21)33(30,31)27-15-17(2)14-18(3)16-27/h6-13,17-19H,5,14-16H2,1-4H3,(H,26,28)/t17-,18-,19-/m0/s1. The molecule has 8 heteroatoms. The van der Waals surface area contributed by atoms with E-state index in [0.29, 0.717) is 30.6 Å². The average Bonchev–Trinajstić information content (AvgIpc) is 2.79. The van der Waals surface area contributed by atoms with Gasteiger partial charge in [-0.3, -0.25) is 4.79 Å². The summed E-state index contributed by atoms with van der Waals surface area (Å²) in [6.45, 7) is 8.62. The van der Waals surface area contributed by atoms with E-state index in [1.807, 2.05) is 19.1 Å². The number of carbonyl (C=O) groups is 2. The summed E-state index contributed by atoms with van der Waals surface area (Å²) in [6, 6.07) is 13.1. The third kappa shape index (κ3) is 6.21. The molecule has 0 saturated carbocycles. The number of carbonyl (C=O) groups excluding carboxylic acids is 2. The van der Waals surface area contributed by atoms with E-state index in [9.17, 15) is 18.0 Å². The van der Waals surface area contributed by atoms with E-state index in [-0.39, 0.29) is 10.5 Å². The number of hydrogen-bond donors (Lipinski definition) is 1. The van der Waals surface area contributed by atoms with E-state index in [1.54, 1.807) is 12.1 Å². The van der Waals surface area contributed by atoms with Crippen molar-refractivity contribution in [2.45, 2.75) is 51.5 Å². The monoisotopic (exact) mass is 472 g/mol. The third-order valence-corrected chi connectivity index (χ3v) is 7.69. The molecule has 33 heavy (non-hydrogen) atoms. The van der Waals surface area contributed by atoms with E-state index in [4.69, 9.17) is 4.74 Å². The second-order valence-electron chi connectivity index (χ2n) is 8.88. The summed E-state index contributed by atoms with van der Waals surface area (Å²) in [7, 11) is -3.63. The first-order valence-electron chi connectivity index (χ1n) is 11.3.